The molecular formula is C30H33F3. The number of benzene rings is 3. The van der Waals surface area contributed by atoms with Crippen LogP contribution in [-0.2, 0) is 12.8 Å². The summed E-state index contributed by atoms with van der Waals surface area (Å²) < 4.78 is 44.2. The minimum absolute atomic E-state index is 0.0489. The first-order valence-corrected chi connectivity index (χ1v) is 12.3. The van der Waals surface area contributed by atoms with E-state index in [-0.39, 0.29) is 11.7 Å². The number of aryl methyl sites for hydroxylation is 3. The van der Waals surface area contributed by atoms with Crippen LogP contribution in [0.2, 0.25) is 0 Å². The first-order valence-electron chi connectivity index (χ1n) is 12.3. The fraction of sp³-hybridized carbons (Fsp3) is 0.400. The van der Waals surface area contributed by atoms with Gasteiger partial charge in [-0.3, -0.25) is 0 Å². The maximum atomic E-state index is 15.1. The molecular weight excluding hydrogens is 417 g/mol. The monoisotopic (exact) mass is 450 g/mol. The molecule has 0 atom stereocenters. The Bertz CT molecular complexity index is 1080. The first-order chi connectivity index (χ1) is 16.0. The van der Waals surface area contributed by atoms with E-state index in [0.717, 1.165) is 62.5 Å². The standard InChI is InChI=1S/C30H33F3/c1-3-4-21-6-12-23(13-7-21)26-17-18-27(30(33)29(26)32)24-14-8-22(9-15-24)10-16-25-11-5-20(2)19-28(25)31/h5-7,11-13,17-19,22,24H,3-4,8-10,14-16H2,1-2H3. The molecule has 0 radical (unpaired) electrons. The van der Waals surface area contributed by atoms with Gasteiger partial charge in [0, 0.05) is 5.56 Å². The molecule has 0 aromatic heterocycles. The highest BCUT2D eigenvalue weighted by molar-refractivity contribution is 5.65. The van der Waals surface area contributed by atoms with Crippen LogP contribution in [0.15, 0.2) is 54.6 Å². The third-order valence-electron chi connectivity index (χ3n) is 7.23. The van der Waals surface area contributed by atoms with Crippen molar-refractivity contribution >= 4 is 0 Å². The summed E-state index contributed by atoms with van der Waals surface area (Å²) in [5.74, 6) is -1.01. The average molecular weight is 451 g/mol. The van der Waals surface area contributed by atoms with Gasteiger partial charge in [-0.25, -0.2) is 13.2 Å². The second kappa shape index (κ2) is 10.6. The molecule has 4 rings (SSSR count). The Morgan fingerprint density at radius 1 is 0.788 bits per heavy atom. The van der Waals surface area contributed by atoms with Crippen LogP contribution in [0.5, 0.6) is 0 Å². The van der Waals surface area contributed by atoms with E-state index in [2.05, 4.69) is 6.92 Å². The fourth-order valence-corrected chi connectivity index (χ4v) is 5.22. The number of hydrogen-bond acceptors (Lipinski definition) is 0. The van der Waals surface area contributed by atoms with Gasteiger partial charge in [-0.05, 0) is 97.6 Å². The Balaban J connectivity index is 1.38. The molecule has 0 nitrogen and oxygen atoms in total. The quantitative estimate of drug-likeness (QED) is 0.337. The summed E-state index contributed by atoms with van der Waals surface area (Å²) in [6.45, 7) is 4.02. The minimum atomic E-state index is -0.743. The SMILES string of the molecule is CCCc1ccc(-c2ccc(C3CCC(CCc4ccc(C)cc4F)CC3)c(F)c2F)cc1. The van der Waals surface area contributed by atoms with Gasteiger partial charge in [0.2, 0.25) is 0 Å². The average Bonchev–Trinajstić information content (AvgIpc) is 2.82. The van der Waals surface area contributed by atoms with Gasteiger partial charge in [-0.2, -0.15) is 0 Å². The van der Waals surface area contributed by atoms with E-state index in [1.807, 2.05) is 43.3 Å². The molecule has 0 N–H and O–H groups in total. The molecule has 0 bridgehead atoms. The predicted molar refractivity (Wildman–Crippen MR) is 130 cm³/mol. The maximum Gasteiger partial charge on any atom is 0.166 e. The van der Waals surface area contributed by atoms with Crippen molar-refractivity contribution in [3.05, 3.63) is 94.3 Å². The van der Waals surface area contributed by atoms with Crippen molar-refractivity contribution < 1.29 is 13.2 Å². The number of halogens is 3. The van der Waals surface area contributed by atoms with Crippen molar-refractivity contribution in [2.24, 2.45) is 5.92 Å². The normalized spacial score (nSPS) is 18.5. The molecule has 3 aromatic rings. The highest BCUT2D eigenvalue weighted by Crippen LogP contribution is 2.40. The van der Waals surface area contributed by atoms with Crippen LogP contribution in [0.1, 0.15) is 73.6 Å². The van der Waals surface area contributed by atoms with E-state index in [4.69, 9.17) is 0 Å². The van der Waals surface area contributed by atoms with Crippen LogP contribution in [0, 0.1) is 30.3 Å². The van der Waals surface area contributed by atoms with Gasteiger partial charge in [-0.1, -0.05) is 61.9 Å². The molecule has 1 aliphatic carbocycles. The summed E-state index contributed by atoms with van der Waals surface area (Å²) >= 11 is 0. The van der Waals surface area contributed by atoms with E-state index >= 15 is 4.39 Å². The molecule has 0 saturated heterocycles. The largest absolute Gasteiger partial charge is 0.207 e. The van der Waals surface area contributed by atoms with Gasteiger partial charge in [-0.15, -0.1) is 0 Å². The smallest absolute Gasteiger partial charge is 0.166 e. The number of rotatable bonds is 7. The minimum Gasteiger partial charge on any atom is -0.207 e. The van der Waals surface area contributed by atoms with Gasteiger partial charge in [0.05, 0.1) is 0 Å². The molecule has 1 aliphatic rings. The molecule has 0 unspecified atom stereocenters. The second-order valence-electron chi connectivity index (χ2n) is 9.63. The molecule has 0 heterocycles. The van der Waals surface area contributed by atoms with Crippen molar-refractivity contribution in [1.82, 2.24) is 0 Å². The molecule has 1 fully saturated rings. The highest BCUT2D eigenvalue weighted by atomic mass is 19.2. The van der Waals surface area contributed by atoms with E-state index in [0.29, 0.717) is 22.6 Å². The zero-order chi connectivity index (χ0) is 23.4. The lowest BCUT2D eigenvalue weighted by Crippen LogP contribution is -2.15. The third-order valence-corrected chi connectivity index (χ3v) is 7.23. The Kier molecular flexibility index (Phi) is 7.57. The van der Waals surface area contributed by atoms with E-state index in [9.17, 15) is 8.78 Å². The molecule has 3 heteroatoms. The number of hydrogen-bond donors (Lipinski definition) is 0. The van der Waals surface area contributed by atoms with Crippen molar-refractivity contribution in [2.45, 2.75) is 71.1 Å². The Hall–Kier alpha value is -2.55. The lowest BCUT2D eigenvalue weighted by Gasteiger charge is -2.29. The summed E-state index contributed by atoms with van der Waals surface area (Å²) in [5, 5.41) is 0. The molecule has 174 valence electrons. The molecule has 33 heavy (non-hydrogen) atoms. The van der Waals surface area contributed by atoms with Crippen LogP contribution in [0.25, 0.3) is 11.1 Å². The van der Waals surface area contributed by atoms with Crippen LogP contribution < -0.4 is 0 Å². The second-order valence-corrected chi connectivity index (χ2v) is 9.63. The van der Waals surface area contributed by atoms with Crippen molar-refractivity contribution in [3.8, 4) is 11.1 Å². The van der Waals surface area contributed by atoms with Crippen molar-refractivity contribution in [1.29, 1.82) is 0 Å². The van der Waals surface area contributed by atoms with Crippen LogP contribution in [0.4, 0.5) is 13.2 Å². The first kappa shape index (κ1) is 23.6. The van der Waals surface area contributed by atoms with Gasteiger partial charge < -0.3 is 0 Å². The fourth-order valence-electron chi connectivity index (χ4n) is 5.22. The molecule has 3 aromatic carbocycles. The maximum absolute atomic E-state index is 15.1. The van der Waals surface area contributed by atoms with Gasteiger partial charge >= 0.3 is 0 Å². The summed E-state index contributed by atoms with van der Waals surface area (Å²) in [6.07, 6.45) is 7.36. The third kappa shape index (κ3) is 5.51. The van der Waals surface area contributed by atoms with Crippen molar-refractivity contribution in [2.75, 3.05) is 0 Å². The van der Waals surface area contributed by atoms with E-state index in [1.165, 1.54) is 5.56 Å². The topological polar surface area (TPSA) is 0 Å². The van der Waals surface area contributed by atoms with Gasteiger partial charge in [0.15, 0.2) is 11.6 Å². The van der Waals surface area contributed by atoms with Gasteiger partial charge in [0.1, 0.15) is 5.82 Å². The summed E-state index contributed by atoms with van der Waals surface area (Å²) in [6, 6.07) is 16.7. The summed E-state index contributed by atoms with van der Waals surface area (Å²) in [4.78, 5) is 0. The Morgan fingerprint density at radius 3 is 2.18 bits per heavy atom. The predicted octanol–water partition coefficient (Wildman–Crippen LogP) is 8.94. The van der Waals surface area contributed by atoms with Crippen LogP contribution in [0.3, 0.4) is 0 Å². The zero-order valence-electron chi connectivity index (χ0n) is 19.6. The molecule has 0 aliphatic heterocycles. The molecule has 0 spiro atoms. The summed E-state index contributed by atoms with van der Waals surface area (Å²) in [5.41, 5.74) is 4.46. The highest BCUT2D eigenvalue weighted by Gasteiger charge is 2.26. The van der Waals surface area contributed by atoms with E-state index in [1.54, 1.807) is 18.2 Å². The van der Waals surface area contributed by atoms with Crippen LogP contribution in [-0.4, -0.2) is 0 Å². The Labute approximate surface area is 195 Å². The molecule has 1 saturated carbocycles. The molecule has 0 amide bonds. The van der Waals surface area contributed by atoms with Crippen molar-refractivity contribution in [3.63, 3.8) is 0 Å². The summed E-state index contributed by atoms with van der Waals surface area (Å²) in [7, 11) is 0. The van der Waals surface area contributed by atoms with E-state index < -0.39 is 11.6 Å². The Morgan fingerprint density at radius 2 is 1.52 bits per heavy atom. The van der Waals surface area contributed by atoms with Crippen LogP contribution >= 0.6 is 0 Å². The lowest BCUT2D eigenvalue weighted by molar-refractivity contribution is 0.304. The van der Waals surface area contributed by atoms with Gasteiger partial charge in [0.25, 0.3) is 0 Å². The zero-order valence-corrected chi connectivity index (χ0v) is 19.6. The lowest BCUT2D eigenvalue weighted by atomic mass is 9.76.